The van der Waals surface area contributed by atoms with E-state index in [0.29, 0.717) is 30.4 Å². The molecule has 0 aliphatic carbocycles. The summed E-state index contributed by atoms with van der Waals surface area (Å²) in [5, 5.41) is 9.80. The fourth-order valence-corrected chi connectivity index (χ4v) is 2.45. The molecule has 9 heteroatoms. The van der Waals surface area contributed by atoms with Crippen LogP contribution in [0.2, 0.25) is 0 Å². The van der Waals surface area contributed by atoms with E-state index in [1.165, 1.54) is 24.3 Å². The van der Waals surface area contributed by atoms with Crippen molar-refractivity contribution >= 4 is 18.3 Å². The Morgan fingerprint density at radius 3 is 2.92 bits per heavy atom. The fraction of sp³-hybridized carbons (Fsp3) is 0.438. The number of rotatable bonds is 7. The van der Waals surface area contributed by atoms with Crippen molar-refractivity contribution in [3.8, 4) is 5.75 Å². The van der Waals surface area contributed by atoms with Gasteiger partial charge in [0.25, 0.3) is 0 Å². The molecule has 7 nitrogen and oxygen atoms in total. The number of amides is 1. The summed E-state index contributed by atoms with van der Waals surface area (Å²) in [6.07, 6.45) is 2.36. The van der Waals surface area contributed by atoms with Crippen LogP contribution in [0.25, 0.3) is 0 Å². The van der Waals surface area contributed by atoms with Gasteiger partial charge >= 0.3 is 0 Å². The van der Waals surface area contributed by atoms with Gasteiger partial charge in [-0.15, -0.1) is 12.4 Å². The minimum atomic E-state index is -0.320. The Balaban J connectivity index is 0.00000225. The van der Waals surface area contributed by atoms with E-state index < -0.39 is 0 Å². The average molecular weight is 371 g/mol. The van der Waals surface area contributed by atoms with E-state index in [2.05, 4.69) is 20.8 Å². The number of carbonyl (C=O) groups excluding carboxylic acids is 1. The van der Waals surface area contributed by atoms with Crippen molar-refractivity contribution in [2.45, 2.75) is 31.9 Å². The maximum Gasteiger partial charge on any atom is 0.237 e. The molecular formula is C16H20ClFN4O3. The van der Waals surface area contributed by atoms with Crippen LogP contribution in [0.5, 0.6) is 5.75 Å². The van der Waals surface area contributed by atoms with E-state index in [0.717, 1.165) is 19.4 Å². The molecule has 25 heavy (non-hydrogen) atoms. The number of halogens is 2. The Hall–Kier alpha value is -2.19. The van der Waals surface area contributed by atoms with E-state index >= 15 is 0 Å². The Labute approximate surface area is 150 Å². The molecule has 1 aliphatic rings. The van der Waals surface area contributed by atoms with E-state index in [1.54, 1.807) is 0 Å². The lowest BCUT2D eigenvalue weighted by molar-refractivity contribution is -0.122. The molecule has 1 amide bonds. The Morgan fingerprint density at radius 1 is 1.40 bits per heavy atom. The first kappa shape index (κ1) is 19.1. The van der Waals surface area contributed by atoms with Crippen LogP contribution in [0, 0.1) is 5.82 Å². The van der Waals surface area contributed by atoms with Gasteiger partial charge in [0, 0.05) is 13.0 Å². The predicted octanol–water partition coefficient (Wildman–Crippen LogP) is 1.62. The topological polar surface area (TPSA) is 89.3 Å². The average Bonchev–Trinajstić information content (AvgIpc) is 3.26. The smallest absolute Gasteiger partial charge is 0.237 e. The molecule has 3 rings (SSSR count). The largest absolute Gasteiger partial charge is 0.485 e. The minimum absolute atomic E-state index is 0. The molecular weight excluding hydrogens is 351 g/mol. The number of ether oxygens (including phenoxy) is 1. The highest BCUT2D eigenvalue weighted by molar-refractivity contribution is 5.85. The molecule has 1 aromatic heterocycles. The monoisotopic (exact) mass is 370 g/mol. The van der Waals surface area contributed by atoms with Crippen LogP contribution >= 0.6 is 12.4 Å². The molecule has 1 fully saturated rings. The first-order valence-electron chi connectivity index (χ1n) is 7.91. The SMILES string of the molecule is Cl.O=C(NCCc1nc(COc2ccc(F)cc2)no1)C1CCCN1. The van der Waals surface area contributed by atoms with Crippen LogP contribution in [-0.2, 0) is 17.8 Å². The van der Waals surface area contributed by atoms with Crippen molar-refractivity contribution < 1.29 is 18.4 Å². The second-order valence-corrected chi connectivity index (χ2v) is 5.54. The number of nitrogens with one attached hydrogen (secondary N) is 2. The van der Waals surface area contributed by atoms with Crippen molar-refractivity contribution in [3.63, 3.8) is 0 Å². The minimum Gasteiger partial charge on any atom is -0.485 e. The summed E-state index contributed by atoms with van der Waals surface area (Å²) in [6, 6.07) is 5.61. The van der Waals surface area contributed by atoms with Gasteiger partial charge in [-0.3, -0.25) is 4.79 Å². The highest BCUT2D eigenvalue weighted by Crippen LogP contribution is 2.12. The first-order valence-corrected chi connectivity index (χ1v) is 7.91. The van der Waals surface area contributed by atoms with Gasteiger partial charge in [0.2, 0.25) is 17.6 Å². The maximum atomic E-state index is 12.8. The lowest BCUT2D eigenvalue weighted by atomic mass is 10.2. The number of carbonyl (C=O) groups is 1. The second kappa shape index (κ2) is 9.33. The highest BCUT2D eigenvalue weighted by atomic mass is 35.5. The molecule has 1 unspecified atom stereocenters. The number of aromatic nitrogens is 2. The fourth-order valence-electron chi connectivity index (χ4n) is 2.45. The van der Waals surface area contributed by atoms with Gasteiger partial charge in [0.05, 0.1) is 6.04 Å². The van der Waals surface area contributed by atoms with Crippen molar-refractivity contribution in [3.05, 3.63) is 41.8 Å². The molecule has 0 saturated carbocycles. The molecule has 1 aromatic carbocycles. The number of hydrogen-bond donors (Lipinski definition) is 2. The van der Waals surface area contributed by atoms with Gasteiger partial charge in [-0.2, -0.15) is 4.98 Å². The summed E-state index contributed by atoms with van der Waals surface area (Å²) in [7, 11) is 0. The quantitative estimate of drug-likeness (QED) is 0.770. The molecule has 2 N–H and O–H groups in total. The molecule has 0 spiro atoms. The van der Waals surface area contributed by atoms with E-state index in [1.807, 2.05) is 0 Å². The zero-order valence-corrected chi connectivity index (χ0v) is 14.4. The molecule has 1 aliphatic heterocycles. The lowest BCUT2D eigenvalue weighted by Crippen LogP contribution is -2.41. The lowest BCUT2D eigenvalue weighted by Gasteiger charge is -2.09. The van der Waals surface area contributed by atoms with Crippen molar-refractivity contribution in [1.82, 2.24) is 20.8 Å². The highest BCUT2D eigenvalue weighted by Gasteiger charge is 2.21. The second-order valence-electron chi connectivity index (χ2n) is 5.54. The normalized spacial score (nSPS) is 16.3. The third-order valence-electron chi connectivity index (χ3n) is 3.71. The summed E-state index contributed by atoms with van der Waals surface area (Å²) >= 11 is 0. The van der Waals surface area contributed by atoms with Crippen LogP contribution in [0.1, 0.15) is 24.6 Å². The third kappa shape index (κ3) is 5.68. The summed E-state index contributed by atoms with van der Waals surface area (Å²) < 4.78 is 23.4. The molecule has 1 saturated heterocycles. The zero-order chi connectivity index (χ0) is 16.8. The van der Waals surface area contributed by atoms with E-state index in [4.69, 9.17) is 9.26 Å². The van der Waals surface area contributed by atoms with Crippen molar-refractivity contribution in [2.75, 3.05) is 13.1 Å². The van der Waals surface area contributed by atoms with Gasteiger partial charge in [-0.1, -0.05) is 5.16 Å². The van der Waals surface area contributed by atoms with E-state index in [-0.39, 0.29) is 36.8 Å². The Bertz CT molecular complexity index is 674. The van der Waals surface area contributed by atoms with Gasteiger partial charge < -0.3 is 19.9 Å². The maximum absolute atomic E-state index is 12.8. The van der Waals surface area contributed by atoms with Crippen LogP contribution in [-0.4, -0.2) is 35.2 Å². The van der Waals surface area contributed by atoms with Crippen LogP contribution < -0.4 is 15.4 Å². The third-order valence-corrected chi connectivity index (χ3v) is 3.71. The van der Waals surface area contributed by atoms with E-state index in [9.17, 15) is 9.18 Å². The van der Waals surface area contributed by atoms with Crippen molar-refractivity contribution in [2.24, 2.45) is 0 Å². The number of benzene rings is 1. The predicted molar refractivity (Wildman–Crippen MR) is 90.0 cm³/mol. The summed E-state index contributed by atoms with van der Waals surface area (Å²) in [5.74, 6) is 1.05. The molecule has 136 valence electrons. The van der Waals surface area contributed by atoms with Crippen LogP contribution in [0.15, 0.2) is 28.8 Å². The van der Waals surface area contributed by atoms with Crippen LogP contribution in [0.3, 0.4) is 0 Å². The van der Waals surface area contributed by atoms with Gasteiger partial charge in [0.1, 0.15) is 11.6 Å². The van der Waals surface area contributed by atoms with Gasteiger partial charge in [-0.25, -0.2) is 4.39 Å². The Kier molecular flexibility index (Phi) is 7.15. The molecule has 1 atom stereocenters. The molecule has 0 radical (unpaired) electrons. The van der Waals surface area contributed by atoms with Gasteiger partial charge in [-0.05, 0) is 43.7 Å². The molecule has 2 heterocycles. The van der Waals surface area contributed by atoms with Crippen molar-refractivity contribution in [1.29, 1.82) is 0 Å². The summed E-state index contributed by atoms with van der Waals surface area (Å²) in [6.45, 7) is 1.46. The van der Waals surface area contributed by atoms with Crippen LogP contribution in [0.4, 0.5) is 4.39 Å². The first-order chi connectivity index (χ1) is 11.7. The van der Waals surface area contributed by atoms with Gasteiger partial charge in [0.15, 0.2) is 6.61 Å². The number of nitrogens with zero attached hydrogens (tertiary/aromatic N) is 2. The summed E-state index contributed by atoms with van der Waals surface area (Å²) in [5.41, 5.74) is 0. The summed E-state index contributed by atoms with van der Waals surface area (Å²) in [4.78, 5) is 16.0. The molecule has 2 aromatic rings. The standard InChI is InChI=1S/C16H19FN4O3.ClH/c17-11-3-5-12(6-4-11)23-10-14-20-15(24-21-14)7-9-19-16(22)13-2-1-8-18-13;/h3-6,13,18H,1-2,7-10H2,(H,19,22);1H. The number of hydrogen-bond acceptors (Lipinski definition) is 6. The molecule has 0 bridgehead atoms. The zero-order valence-electron chi connectivity index (χ0n) is 13.5. The Morgan fingerprint density at radius 2 is 2.20 bits per heavy atom.